The molecule has 0 aliphatic carbocycles. The van der Waals surface area contributed by atoms with Crippen LogP contribution in [0.25, 0.3) is 0 Å². The Balaban J connectivity index is 2.43. The Bertz CT molecular complexity index is 446. The number of carbonyl (C=O) groups is 2. The molecule has 0 aromatic carbocycles. The van der Waals surface area contributed by atoms with Crippen molar-refractivity contribution in [2.24, 2.45) is 0 Å². The predicted molar refractivity (Wildman–Crippen MR) is 72.0 cm³/mol. The van der Waals surface area contributed by atoms with Gasteiger partial charge in [-0.25, -0.2) is 9.59 Å². The first-order valence-corrected chi connectivity index (χ1v) is 6.72. The first-order valence-electron chi connectivity index (χ1n) is 6.72. The van der Waals surface area contributed by atoms with Gasteiger partial charge in [-0.15, -0.1) is 10.2 Å². The minimum Gasteiger partial charge on any atom is -0.480 e. The molecule has 1 aromatic heterocycles. The Hall–Kier alpha value is -2.12. The monoisotopic (exact) mass is 283 g/mol. The van der Waals surface area contributed by atoms with Crippen molar-refractivity contribution in [1.29, 1.82) is 0 Å². The molecule has 0 spiro atoms. The van der Waals surface area contributed by atoms with Gasteiger partial charge in [0, 0.05) is 6.54 Å². The third-order valence-corrected chi connectivity index (χ3v) is 2.89. The molecule has 0 aliphatic rings. The maximum absolute atomic E-state index is 11.7. The van der Waals surface area contributed by atoms with Gasteiger partial charge in [0.25, 0.3) is 0 Å². The van der Waals surface area contributed by atoms with Gasteiger partial charge in [0.05, 0.1) is 6.54 Å². The highest BCUT2D eigenvalue weighted by Gasteiger charge is 2.19. The second kappa shape index (κ2) is 8.13. The molecule has 0 fully saturated rings. The molecule has 0 bridgehead atoms. The van der Waals surface area contributed by atoms with Gasteiger partial charge in [-0.2, -0.15) is 0 Å². The summed E-state index contributed by atoms with van der Waals surface area (Å²) in [5, 5.41) is 21.7. The number of carbonyl (C=O) groups excluding carboxylic acids is 1. The number of amides is 2. The van der Waals surface area contributed by atoms with Crippen molar-refractivity contribution in [1.82, 2.24) is 25.4 Å². The van der Waals surface area contributed by atoms with Crippen LogP contribution in [-0.4, -0.2) is 37.9 Å². The Morgan fingerprint density at radius 2 is 2.20 bits per heavy atom. The lowest BCUT2D eigenvalue weighted by Gasteiger charge is -2.14. The summed E-state index contributed by atoms with van der Waals surface area (Å²) in [7, 11) is 0. The van der Waals surface area contributed by atoms with Crippen molar-refractivity contribution in [2.45, 2.75) is 52.2 Å². The van der Waals surface area contributed by atoms with Gasteiger partial charge in [-0.1, -0.05) is 19.8 Å². The van der Waals surface area contributed by atoms with E-state index in [1.54, 1.807) is 10.9 Å². The number of aryl methyl sites for hydroxylation is 1. The molecule has 1 aromatic rings. The SMILES string of the molecule is CCCCC(NC(=O)NCc1nncn1CC)C(=O)O. The minimum absolute atomic E-state index is 0.208. The molecular formula is C12H21N5O3. The molecule has 0 radical (unpaired) electrons. The van der Waals surface area contributed by atoms with Crippen molar-refractivity contribution < 1.29 is 14.7 Å². The number of nitrogens with zero attached hydrogens (tertiary/aromatic N) is 3. The van der Waals surface area contributed by atoms with E-state index in [1.807, 2.05) is 13.8 Å². The van der Waals surface area contributed by atoms with Crippen LogP contribution in [0.1, 0.15) is 38.9 Å². The smallest absolute Gasteiger partial charge is 0.326 e. The van der Waals surface area contributed by atoms with Crippen LogP contribution in [0.3, 0.4) is 0 Å². The topological polar surface area (TPSA) is 109 Å². The van der Waals surface area contributed by atoms with Gasteiger partial charge in [0.15, 0.2) is 5.82 Å². The van der Waals surface area contributed by atoms with Crippen LogP contribution in [0.2, 0.25) is 0 Å². The van der Waals surface area contributed by atoms with E-state index in [9.17, 15) is 9.59 Å². The second-order valence-corrected chi connectivity index (χ2v) is 4.39. The Kier molecular flexibility index (Phi) is 6.48. The van der Waals surface area contributed by atoms with E-state index in [0.717, 1.165) is 12.8 Å². The average Bonchev–Trinajstić information content (AvgIpc) is 2.88. The number of nitrogens with one attached hydrogen (secondary N) is 2. The number of aromatic nitrogens is 3. The summed E-state index contributed by atoms with van der Waals surface area (Å²) < 4.78 is 1.80. The number of aliphatic carboxylic acids is 1. The number of urea groups is 1. The van der Waals surface area contributed by atoms with E-state index < -0.39 is 18.0 Å². The zero-order valence-electron chi connectivity index (χ0n) is 11.8. The summed E-state index contributed by atoms with van der Waals surface area (Å²) in [5.41, 5.74) is 0. The van der Waals surface area contributed by atoms with Gasteiger partial charge in [0.2, 0.25) is 0 Å². The third kappa shape index (κ3) is 4.87. The zero-order valence-corrected chi connectivity index (χ0v) is 11.8. The fraction of sp³-hybridized carbons (Fsp3) is 0.667. The summed E-state index contributed by atoms with van der Waals surface area (Å²) in [6.45, 7) is 4.83. The van der Waals surface area contributed by atoms with E-state index >= 15 is 0 Å². The number of hydrogen-bond donors (Lipinski definition) is 3. The molecule has 1 rings (SSSR count). The lowest BCUT2D eigenvalue weighted by atomic mass is 10.1. The predicted octanol–water partition coefficient (Wildman–Crippen LogP) is 0.741. The number of carboxylic acids is 1. The molecule has 2 amide bonds. The largest absolute Gasteiger partial charge is 0.480 e. The van der Waals surface area contributed by atoms with Crippen LogP contribution in [0.15, 0.2) is 6.33 Å². The molecule has 8 nitrogen and oxygen atoms in total. The number of unbranched alkanes of at least 4 members (excludes halogenated alkanes) is 1. The summed E-state index contributed by atoms with van der Waals surface area (Å²) in [4.78, 5) is 22.7. The van der Waals surface area contributed by atoms with Crippen LogP contribution < -0.4 is 10.6 Å². The van der Waals surface area contributed by atoms with Crippen molar-refractivity contribution in [3.8, 4) is 0 Å². The number of rotatable bonds is 8. The summed E-state index contributed by atoms with van der Waals surface area (Å²) in [5.74, 6) is -0.395. The zero-order chi connectivity index (χ0) is 15.0. The van der Waals surface area contributed by atoms with Crippen LogP contribution in [0, 0.1) is 0 Å². The summed E-state index contributed by atoms with van der Waals surface area (Å²) >= 11 is 0. The van der Waals surface area contributed by atoms with Gasteiger partial charge in [-0.05, 0) is 13.3 Å². The molecule has 20 heavy (non-hydrogen) atoms. The lowest BCUT2D eigenvalue weighted by molar-refractivity contribution is -0.139. The molecule has 0 aliphatic heterocycles. The lowest BCUT2D eigenvalue weighted by Crippen LogP contribution is -2.45. The Morgan fingerprint density at radius 3 is 2.80 bits per heavy atom. The van der Waals surface area contributed by atoms with Crippen molar-refractivity contribution >= 4 is 12.0 Å². The second-order valence-electron chi connectivity index (χ2n) is 4.39. The highest BCUT2D eigenvalue weighted by atomic mass is 16.4. The number of hydrogen-bond acceptors (Lipinski definition) is 4. The van der Waals surface area contributed by atoms with E-state index in [0.29, 0.717) is 18.8 Å². The molecule has 3 N–H and O–H groups in total. The summed E-state index contributed by atoms with van der Waals surface area (Å²) in [6, 6.07) is -1.38. The Morgan fingerprint density at radius 1 is 1.45 bits per heavy atom. The molecule has 1 atom stereocenters. The minimum atomic E-state index is -1.02. The van der Waals surface area contributed by atoms with Gasteiger partial charge in [0.1, 0.15) is 12.4 Å². The molecule has 0 saturated carbocycles. The molecule has 1 unspecified atom stereocenters. The molecule has 1 heterocycles. The quantitative estimate of drug-likeness (QED) is 0.652. The molecular weight excluding hydrogens is 262 g/mol. The molecule has 8 heteroatoms. The van der Waals surface area contributed by atoms with Crippen LogP contribution >= 0.6 is 0 Å². The fourth-order valence-electron chi connectivity index (χ4n) is 1.71. The van der Waals surface area contributed by atoms with Gasteiger partial charge < -0.3 is 20.3 Å². The fourth-order valence-corrected chi connectivity index (χ4v) is 1.71. The van der Waals surface area contributed by atoms with E-state index in [4.69, 9.17) is 5.11 Å². The van der Waals surface area contributed by atoms with E-state index in [1.165, 1.54) is 0 Å². The van der Waals surface area contributed by atoms with Crippen molar-refractivity contribution in [3.05, 3.63) is 12.2 Å². The van der Waals surface area contributed by atoms with Gasteiger partial charge >= 0.3 is 12.0 Å². The van der Waals surface area contributed by atoms with E-state index in [2.05, 4.69) is 20.8 Å². The maximum Gasteiger partial charge on any atom is 0.326 e. The van der Waals surface area contributed by atoms with Crippen LogP contribution in [-0.2, 0) is 17.9 Å². The molecule has 112 valence electrons. The summed E-state index contributed by atoms with van der Waals surface area (Å²) in [6.07, 6.45) is 3.63. The van der Waals surface area contributed by atoms with Crippen molar-refractivity contribution in [3.63, 3.8) is 0 Å². The highest BCUT2D eigenvalue weighted by molar-refractivity contribution is 5.82. The molecule has 0 saturated heterocycles. The number of carboxylic acid groups (broad SMARTS) is 1. The van der Waals surface area contributed by atoms with Crippen molar-refractivity contribution in [2.75, 3.05) is 0 Å². The first-order chi connectivity index (χ1) is 9.58. The maximum atomic E-state index is 11.7. The Labute approximate surface area is 117 Å². The normalized spacial score (nSPS) is 11.9. The van der Waals surface area contributed by atoms with E-state index in [-0.39, 0.29) is 6.54 Å². The van der Waals surface area contributed by atoms with Gasteiger partial charge in [-0.3, -0.25) is 0 Å². The first kappa shape index (κ1) is 15.9. The average molecular weight is 283 g/mol. The third-order valence-electron chi connectivity index (χ3n) is 2.89. The van der Waals surface area contributed by atoms with Crippen LogP contribution in [0.4, 0.5) is 4.79 Å². The van der Waals surface area contributed by atoms with Crippen LogP contribution in [0.5, 0.6) is 0 Å². The highest BCUT2D eigenvalue weighted by Crippen LogP contribution is 2.01. The standard InChI is InChI=1S/C12H21N5O3/c1-3-5-6-9(11(18)19)15-12(20)13-7-10-16-14-8-17(10)4-2/h8-9H,3-7H2,1-2H3,(H,18,19)(H2,13,15,20).